The zero-order valence-electron chi connectivity index (χ0n) is 14.2. The molecule has 7 heteroatoms. The topological polar surface area (TPSA) is 83.9 Å². The number of hydrogen-bond acceptors (Lipinski definition) is 5. The van der Waals surface area contributed by atoms with Crippen molar-refractivity contribution in [3.05, 3.63) is 53.3 Å². The minimum atomic E-state index is -0.576. The van der Waals surface area contributed by atoms with Gasteiger partial charge in [-0.15, -0.1) is 0 Å². The zero-order valence-corrected chi connectivity index (χ0v) is 14.2. The lowest BCUT2D eigenvalue weighted by Gasteiger charge is -2.14. The maximum atomic E-state index is 12.8. The molecule has 0 saturated carbocycles. The van der Waals surface area contributed by atoms with Gasteiger partial charge in [0, 0.05) is 43.4 Å². The first-order valence-electron chi connectivity index (χ1n) is 8.35. The number of carbonyl (C=O) groups is 1. The third kappa shape index (κ3) is 2.91. The number of amides is 1. The van der Waals surface area contributed by atoms with Gasteiger partial charge >= 0.3 is 0 Å². The Morgan fingerprint density at radius 1 is 1.36 bits per heavy atom. The van der Waals surface area contributed by atoms with Gasteiger partial charge in [0.15, 0.2) is 0 Å². The van der Waals surface area contributed by atoms with Crippen LogP contribution in [0.1, 0.15) is 27.6 Å². The molecule has 0 aliphatic carbocycles. The van der Waals surface area contributed by atoms with E-state index in [0.29, 0.717) is 25.2 Å². The third-order valence-electron chi connectivity index (χ3n) is 4.75. The molecular weight excluding hydrogens is 320 g/mol. The Hall–Kier alpha value is -2.67. The minimum Gasteiger partial charge on any atom is -0.391 e. The standard InChI is InChI=1S/C18H20N4O3/c1-11-6-14(25-20-11)7-13-8-21(10-16(13)23)18(24)15-9-22-12(2)4-3-5-17(22)19-15/h3-6,9,13,16,23H,7-8,10H2,1-2H3. The maximum Gasteiger partial charge on any atom is 0.274 e. The Morgan fingerprint density at radius 3 is 2.92 bits per heavy atom. The first-order valence-corrected chi connectivity index (χ1v) is 8.35. The van der Waals surface area contributed by atoms with E-state index in [2.05, 4.69) is 10.1 Å². The van der Waals surface area contributed by atoms with Crippen molar-refractivity contribution >= 4 is 11.6 Å². The monoisotopic (exact) mass is 340 g/mol. The van der Waals surface area contributed by atoms with Crippen LogP contribution in [-0.4, -0.2) is 49.6 Å². The van der Waals surface area contributed by atoms with E-state index in [0.717, 1.165) is 22.8 Å². The molecule has 25 heavy (non-hydrogen) atoms. The van der Waals surface area contributed by atoms with Crippen molar-refractivity contribution in [1.29, 1.82) is 0 Å². The first kappa shape index (κ1) is 15.8. The van der Waals surface area contributed by atoms with Gasteiger partial charge in [0.1, 0.15) is 17.1 Å². The van der Waals surface area contributed by atoms with E-state index in [1.54, 1.807) is 11.1 Å². The molecule has 0 bridgehead atoms. The van der Waals surface area contributed by atoms with Crippen molar-refractivity contribution in [2.24, 2.45) is 5.92 Å². The van der Waals surface area contributed by atoms with E-state index in [1.807, 2.05) is 42.5 Å². The molecule has 1 fully saturated rings. The molecule has 130 valence electrons. The van der Waals surface area contributed by atoms with E-state index < -0.39 is 6.10 Å². The molecule has 4 heterocycles. The SMILES string of the molecule is Cc1cc(CC2CN(C(=O)c3cn4c(C)cccc4n3)CC2O)on1. The summed E-state index contributed by atoms with van der Waals surface area (Å²) in [6.45, 7) is 4.62. The summed E-state index contributed by atoms with van der Waals surface area (Å²) < 4.78 is 7.13. The van der Waals surface area contributed by atoms with Crippen LogP contribution >= 0.6 is 0 Å². The predicted octanol–water partition coefficient (Wildman–Crippen LogP) is 1.61. The van der Waals surface area contributed by atoms with Gasteiger partial charge < -0.3 is 18.9 Å². The van der Waals surface area contributed by atoms with Gasteiger partial charge in [-0.1, -0.05) is 11.2 Å². The first-order chi connectivity index (χ1) is 12.0. The highest BCUT2D eigenvalue weighted by Crippen LogP contribution is 2.23. The molecule has 0 spiro atoms. The van der Waals surface area contributed by atoms with Gasteiger partial charge in [-0.2, -0.15) is 0 Å². The number of aliphatic hydroxyl groups excluding tert-OH is 1. The lowest BCUT2D eigenvalue weighted by Crippen LogP contribution is -2.29. The second kappa shape index (κ2) is 6.00. The summed E-state index contributed by atoms with van der Waals surface area (Å²) in [6, 6.07) is 7.62. The summed E-state index contributed by atoms with van der Waals surface area (Å²) in [7, 11) is 0. The van der Waals surface area contributed by atoms with E-state index in [1.165, 1.54) is 0 Å². The Kier molecular flexibility index (Phi) is 3.80. The number of carbonyl (C=O) groups excluding carboxylic acids is 1. The quantitative estimate of drug-likeness (QED) is 0.783. The van der Waals surface area contributed by atoms with Crippen LogP contribution in [0.15, 0.2) is 35.0 Å². The van der Waals surface area contributed by atoms with Crippen molar-refractivity contribution in [3.8, 4) is 0 Å². The summed E-state index contributed by atoms with van der Waals surface area (Å²) in [5, 5.41) is 14.2. The number of hydrogen-bond donors (Lipinski definition) is 1. The van der Waals surface area contributed by atoms with Crippen LogP contribution in [0.5, 0.6) is 0 Å². The molecular formula is C18H20N4O3. The van der Waals surface area contributed by atoms with Gasteiger partial charge in [-0.25, -0.2) is 4.98 Å². The molecule has 0 aromatic carbocycles. The molecule has 0 radical (unpaired) electrons. The molecule has 1 saturated heterocycles. The van der Waals surface area contributed by atoms with Gasteiger partial charge in [-0.05, 0) is 26.0 Å². The number of likely N-dealkylation sites (tertiary alicyclic amines) is 1. The van der Waals surface area contributed by atoms with Crippen molar-refractivity contribution < 1.29 is 14.4 Å². The number of fused-ring (bicyclic) bond motifs is 1. The largest absolute Gasteiger partial charge is 0.391 e. The highest BCUT2D eigenvalue weighted by atomic mass is 16.5. The number of nitrogens with zero attached hydrogens (tertiary/aromatic N) is 4. The Labute approximate surface area is 144 Å². The van der Waals surface area contributed by atoms with Crippen LogP contribution in [0.3, 0.4) is 0 Å². The number of rotatable bonds is 3. The van der Waals surface area contributed by atoms with E-state index in [-0.39, 0.29) is 11.8 Å². The van der Waals surface area contributed by atoms with Gasteiger partial charge in [-0.3, -0.25) is 4.79 Å². The van der Waals surface area contributed by atoms with Crippen LogP contribution in [0.2, 0.25) is 0 Å². The predicted molar refractivity (Wildman–Crippen MR) is 90.3 cm³/mol. The molecule has 3 aromatic heterocycles. The number of aryl methyl sites for hydroxylation is 2. The Bertz CT molecular complexity index is 929. The number of aromatic nitrogens is 3. The van der Waals surface area contributed by atoms with E-state index in [9.17, 15) is 9.90 Å². The fourth-order valence-electron chi connectivity index (χ4n) is 3.40. The average molecular weight is 340 g/mol. The second-order valence-corrected chi connectivity index (χ2v) is 6.70. The summed E-state index contributed by atoms with van der Waals surface area (Å²) in [5.41, 5.74) is 2.98. The number of imidazole rings is 1. The summed E-state index contributed by atoms with van der Waals surface area (Å²) >= 11 is 0. The number of β-amino-alcohol motifs (C(OH)–C–C–N with tert-alkyl or cyclic N) is 1. The lowest BCUT2D eigenvalue weighted by molar-refractivity contribution is 0.0759. The molecule has 3 aromatic rings. The Balaban J connectivity index is 1.51. The lowest BCUT2D eigenvalue weighted by atomic mass is 10.0. The number of aliphatic hydroxyl groups is 1. The van der Waals surface area contributed by atoms with Crippen LogP contribution < -0.4 is 0 Å². The van der Waals surface area contributed by atoms with E-state index in [4.69, 9.17) is 4.52 Å². The highest BCUT2D eigenvalue weighted by molar-refractivity contribution is 5.93. The summed E-state index contributed by atoms with van der Waals surface area (Å²) in [6.07, 6.45) is 1.75. The Morgan fingerprint density at radius 2 is 2.20 bits per heavy atom. The fraction of sp³-hybridized carbons (Fsp3) is 0.389. The molecule has 1 aliphatic rings. The average Bonchev–Trinajstić information content (AvgIpc) is 3.27. The summed E-state index contributed by atoms with van der Waals surface area (Å²) in [4.78, 5) is 18.9. The fourth-order valence-corrected chi connectivity index (χ4v) is 3.40. The molecule has 1 amide bonds. The van der Waals surface area contributed by atoms with Crippen molar-refractivity contribution in [2.75, 3.05) is 13.1 Å². The van der Waals surface area contributed by atoms with Crippen LogP contribution in [0, 0.1) is 19.8 Å². The molecule has 7 nitrogen and oxygen atoms in total. The minimum absolute atomic E-state index is 0.0601. The van der Waals surface area contributed by atoms with Crippen molar-refractivity contribution in [2.45, 2.75) is 26.4 Å². The van der Waals surface area contributed by atoms with Crippen LogP contribution in [-0.2, 0) is 6.42 Å². The molecule has 2 unspecified atom stereocenters. The normalized spacial score (nSPS) is 20.5. The van der Waals surface area contributed by atoms with Crippen molar-refractivity contribution in [3.63, 3.8) is 0 Å². The van der Waals surface area contributed by atoms with E-state index >= 15 is 0 Å². The molecule has 1 N–H and O–H groups in total. The maximum absolute atomic E-state index is 12.8. The van der Waals surface area contributed by atoms with Gasteiger partial charge in [0.2, 0.25) is 0 Å². The second-order valence-electron chi connectivity index (χ2n) is 6.70. The highest BCUT2D eigenvalue weighted by Gasteiger charge is 2.35. The zero-order chi connectivity index (χ0) is 17.6. The van der Waals surface area contributed by atoms with Crippen LogP contribution in [0.25, 0.3) is 5.65 Å². The van der Waals surface area contributed by atoms with Crippen molar-refractivity contribution in [1.82, 2.24) is 19.4 Å². The smallest absolute Gasteiger partial charge is 0.274 e. The molecule has 4 rings (SSSR count). The number of pyridine rings is 1. The molecule has 1 aliphatic heterocycles. The summed E-state index contributed by atoms with van der Waals surface area (Å²) in [5.74, 6) is 0.521. The van der Waals surface area contributed by atoms with Gasteiger partial charge in [0.05, 0.1) is 11.8 Å². The van der Waals surface area contributed by atoms with Gasteiger partial charge in [0.25, 0.3) is 5.91 Å². The van der Waals surface area contributed by atoms with Crippen LogP contribution in [0.4, 0.5) is 0 Å². The third-order valence-corrected chi connectivity index (χ3v) is 4.75. The molecule has 2 atom stereocenters.